The number of nitrogens with one attached hydrogen (secondary N) is 1. The van der Waals surface area contributed by atoms with Crippen LogP contribution in [0.3, 0.4) is 0 Å². The van der Waals surface area contributed by atoms with Crippen LogP contribution in [0.1, 0.15) is 43.0 Å². The first kappa shape index (κ1) is 16.3. The highest BCUT2D eigenvalue weighted by Crippen LogP contribution is 2.25. The predicted octanol–water partition coefficient (Wildman–Crippen LogP) is 3.29. The Balaban J connectivity index is 2.08. The van der Waals surface area contributed by atoms with Gasteiger partial charge in [0.25, 0.3) is 5.91 Å². The van der Waals surface area contributed by atoms with Crippen LogP contribution in [0.4, 0.5) is 8.78 Å². The largest absolute Gasteiger partial charge is 0.475 e. The van der Waals surface area contributed by atoms with E-state index >= 15 is 0 Å². The lowest BCUT2D eigenvalue weighted by molar-refractivity contribution is 0.0920. The minimum atomic E-state index is -0.933. The summed E-state index contributed by atoms with van der Waals surface area (Å²) in [4.78, 5) is 12.1. The number of hydrogen-bond donors (Lipinski definition) is 1. The normalized spacial score (nSPS) is 21.0. The monoisotopic (exact) mass is 307 g/mol. The van der Waals surface area contributed by atoms with E-state index in [-0.39, 0.29) is 18.2 Å². The van der Waals surface area contributed by atoms with Crippen molar-refractivity contribution in [1.82, 2.24) is 5.32 Å². The standard InChI is InChI=1S/C17H19F2NO2/c1-3-7-22-16-14(18)9-12(10-15(16)19)17(21)20-13-6-4-5-11(2)8-13/h1,9-11,13H,4-8H2,2H3,(H,20,21). The van der Waals surface area contributed by atoms with Gasteiger partial charge in [0, 0.05) is 11.6 Å². The Hall–Kier alpha value is -2.09. The van der Waals surface area contributed by atoms with E-state index in [0.717, 1.165) is 37.8 Å². The molecule has 0 heterocycles. The maximum Gasteiger partial charge on any atom is 0.251 e. The molecular weight excluding hydrogens is 288 g/mol. The highest BCUT2D eigenvalue weighted by molar-refractivity contribution is 5.94. The third-order valence-electron chi connectivity index (χ3n) is 3.83. The van der Waals surface area contributed by atoms with Crippen LogP contribution in [0.2, 0.25) is 0 Å². The molecule has 1 aliphatic rings. The molecular formula is C17H19F2NO2. The minimum Gasteiger partial charge on any atom is -0.475 e. The summed E-state index contributed by atoms with van der Waals surface area (Å²) in [5, 5.41) is 2.84. The summed E-state index contributed by atoms with van der Waals surface area (Å²) in [5.74, 6) is -0.213. The SMILES string of the molecule is C#CCOc1c(F)cc(C(=O)NC2CCCC(C)C2)cc1F. The number of ether oxygens (including phenoxy) is 1. The lowest BCUT2D eigenvalue weighted by Gasteiger charge is -2.27. The molecule has 1 aromatic rings. The number of halogens is 2. The lowest BCUT2D eigenvalue weighted by Crippen LogP contribution is -2.38. The molecule has 0 aliphatic heterocycles. The van der Waals surface area contributed by atoms with Gasteiger partial charge < -0.3 is 10.1 Å². The van der Waals surface area contributed by atoms with Crippen LogP contribution in [-0.2, 0) is 0 Å². The summed E-state index contributed by atoms with van der Waals surface area (Å²) in [5.41, 5.74) is -0.0544. The average Bonchev–Trinajstić information content (AvgIpc) is 2.46. The first-order valence-electron chi connectivity index (χ1n) is 7.37. The van der Waals surface area contributed by atoms with E-state index in [4.69, 9.17) is 11.2 Å². The minimum absolute atomic E-state index is 0.0544. The van der Waals surface area contributed by atoms with E-state index in [1.165, 1.54) is 0 Å². The van der Waals surface area contributed by atoms with Crippen LogP contribution in [-0.4, -0.2) is 18.6 Å². The van der Waals surface area contributed by atoms with Crippen molar-refractivity contribution in [3.63, 3.8) is 0 Å². The summed E-state index contributed by atoms with van der Waals surface area (Å²) in [6, 6.07) is 1.99. The quantitative estimate of drug-likeness (QED) is 0.867. The maximum atomic E-state index is 13.8. The molecule has 22 heavy (non-hydrogen) atoms. The summed E-state index contributed by atoms with van der Waals surface area (Å²) < 4.78 is 32.4. The fourth-order valence-electron chi connectivity index (χ4n) is 2.78. The first-order chi connectivity index (χ1) is 10.5. The number of hydrogen-bond acceptors (Lipinski definition) is 2. The van der Waals surface area contributed by atoms with Gasteiger partial charge in [-0.25, -0.2) is 8.78 Å². The van der Waals surface area contributed by atoms with Crippen molar-refractivity contribution < 1.29 is 18.3 Å². The Bertz CT molecular complexity index is 572. The van der Waals surface area contributed by atoms with Gasteiger partial charge in [0.05, 0.1) is 0 Å². The third kappa shape index (κ3) is 3.97. The number of benzene rings is 1. The molecule has 1 aromatic carbocycles. The number of carbonyl (C=O) groups is 1. The Labute approximate surface area is 129 Å². The maximum absolute atomic E-state index is 13.8. The number of rotatable bonds is 4. The summed E-state index contributed by atoms with van der Waals surface area (Å²) in [7, 11) is 0. The van der Waals surface area contributed by atoms with Gasteiger partial charge in [0.1, 0.15) is 6.61 Å². The molecule has 1 N–H and O–H groups in total. The van der Waals surface area contributed by atoms with Gasteiger partial charge in [0.15, 0.2) is 17.4 Å². The zero-order valence-electron chi connectivity index (χ0n) is 12.5. The smallest absolute Gasteiger partial charge is 0.251 e. The second-order valence-corrected chi connectivity index (χ2v) is 5.70. The number of amides is 1. The van der Waals surface area contributed by atoms with Gasteiger partial charge >= 0.3 is 0 Å². The number of terminal acetylenes is 1. The molecule has 2 rings (SSSR count). The van der Waals surface area contributed by atoms with Crippen molar-refractivity contribution >= 4 is 5.91 Å². The first-order valence-corrected chi connectivity index (χ1v) is 7.37. The second-order valence-electron chi connectivity index (χ2n) is 5.70. The van der Waals surface area contributed by atoms with Gasteiger partial charge in [-0.15, -0.1) is 6.42 Å². The molecule has 0 radical (unpaired) electrons. The van der Waals surface area contributed by atoms with Crippen molar-refractivity contribution in [2.24, 2.45) is 5.92 Å². The van der Waals surface area contributed by atoms with Crippen LogP contribution < -0.4 is 10.1 Å². The van der Waals surface area contributed by atoms with E-state index in [0.29, 0.717) is 5.92 Å². The van der Waals surface area contributed by atoms with E-state index in [1.807, 2.05) is 0 Å². The fourth-order valence-corrected chi connectivity index (χ4v) is 2.78. The molecule has 1 fully saturated rings. The summed E-state index contributed by atoms with van der Waals surface area (Å²) >= 11 is 0. The van der Waals surface area contributed by atoms with Crippen LogP contribution in [0.15, 0.2) is 12.1 Å². The molecule has 0 saturated heterocycles. The van der Waals surface area contributed by atoms with Crippen LogP contribution >= 0.6 is 0 Å². The Kier molecular flexibility index (Phi) is 5.37. The Morgan fingerprint density at radius 3 is 2.68 bits per heavy atom. The summed E-state index contributed by atoms with van der Waals surface area (Å²) in [6.45, 7) is 1.90. The Morgan fingerprint density at radius 2 is 2.09 bits per heavy atom. The van der Waals surface area contributed by atoms with E-state index in [9.17, 15) is 13.6 Å². The molecule has 1 saturated carbocycles. The van der Waals surface area contributed by atoms with Gasteiger partial charge in [-0.3, -0.25) is 4.79 Å². The van der Waals surface area contributed by atoms with Crippen molar-refractivity contribution in [1.29, 1.82) is 0 Å². The molecule has 0 aromatic heterocycles. The second kappa shape index (κ2) is 7.26. The molecule has 1 aliphatic carbocycles. The lowest BCUT2D eigenvalue weighted by atomic mass is 9.87. The van der Waals surface area contributed by atoms with E-state index < -0.39 is 23.3 Å². The average molecular weight is 307 g/mol. The zero-order valence-corrected chi connectivity index (χ0v) is 12.5. The van der Waals surface area contributed by atoms with Crippen molar-refractivity contribution in [3.05, 3.63) is 29.3 Å². The molecule has 2 unspecified atom stereocenters. The van der Waals surface area contributed by atoms with Gasteiger partial charge in [-0.2, -0.15) is 0 Å². The van der Waals surface area contributed by atoms with Gasteiger partial charge in [-0.1, -0.05) is 25.7 Å². The molecule has 3 nitrogen and oxygen atoms in total. The molecule has 0 bridgehead atoms. The van der Waals surface area contributed by atoms with E-state index in [1.54, 1.807) is 0 Å². The van der Waals surface area contributed by atoms with Crippen molar-refractivity contribution in [2.75, 3.05) is 6.61 Å². The zero-order chi connectivity index (χ0) is 16.1. The third-order valence-corrected chi connectivity index (χ3v) is 3.83. The van der Waals surface area contributed by atoms with Crippen molar-refractivity contribution in [2.45, 2.75) is 38.6 Å². The predicted molar refractivity (Wildman–Crippen MR) is 79.6 cm³/mol. The number of carbonyl (C=O) groups excluding carboxylic acids is 1. The Morgan fingerprint density at radius 1 is 1.41 bits per heavy atom. The van der Waals surface area contributed by atoms with Crippen LogP contribution in [0.25, 0.3) is 0 Å². The highest BCUT2D eigenvalue weighted by atomic mass is 19.1. The molecule has 5 heteroatoms. The van der Waals surface area contributed by atoms with E-state index in [2.05, 4.69) is 18.2 Å². The highest BCUT2D eigenvalue weighted by Gasteiger charge is 2.22. The van der Waals surface area contributed by atoms with Crippen LogP contribution in [0.5, 0.6) is 5.75 Å². The molecule has 2 atom stereocenters. The molecule has 1 amide bonds. The topological polar surface area (TPSA) is 38.3 Å². The van der Waals surface area contributed by atoms with Gasteiger partial charge in [0.2, 0.25) is 0 Å². The fraction of sp³-hybridized carbons (Fsp3) is 0.471. The molecule has 0 spiro atoms. The van der Waals surface area contributed by atoms with Crippen LogP contribution in [0, 0.1) is 29.9 Å². The molecule has 118 valence electrons. The summed E-state index contributed by atoms with van der Waals surface area (Å²) in [6.07, 6.45) is 8.97. The van der Waals surface area contributed by atoms with Crippen molar-refractivity contribution in [3.8, 4) is 18.1 Å². The van der Waals surface area contributed by atoms with Gasteiger partial charge in [-0.05, 0) is 30.9 Å².